The van der Waals surface area contributed by atoms with Gasteiger partial charge in [-0.2, -0.15) is 0 Å². The van der Waals surface area contributed by atoms with Gasteiger partial charge in [0.2, 0.25) is 0 Å². The van der Waals surface area contributed by atoms with Gasteiger partial charge in [-0.3, -0.25) is 0 Å². The second kappa shape index (κ2) is 4.84. The monoisotopic (exact) mass is 326 g/mol. The van der Waals surface area contributed by atoms with Crippen molar-refractivity contribution in [2.24, 2.45) is 0 Å². The summed E-state index contributed by atoms with van der Waals surface area (Å²) in [5, 5.41) is 9.29. The Hall–Kier alpha value is -0.490. The van der Waals surface area contributed by atoms with Crippen LogP contribution in [0.4, 0.5) is 0 Å². The molecule has 0 saturated heterocycles. The Morgan fingerprint density at radius 3 is 2.79 bits per heavy atom. The predicted octanol–water partition coefficient (Wildman–Crippen LogP) is 3.04. The zero-order valence-electron chi connectivity index (χ0n) is 7.38. The van der Waals surface area contributed by atoms with Gasteiger partial charge in [-0.1, -0.05) is 11.6 Å². The number of benzene rings is 1. The molecule has 0 saturated carbocycles. The van der Waals surface area contributed by atoms with Crippen molar-refractivity contribution in [3.63, 3.8) is 0 Å². The van der Waals surface area contributed by atoms with E-state index < -0.39 is 5.97 Å². The summed E-state index contributed by atoms with van der Waals surface area (Å²) in [4.78, 5) is 10.8. The van der Waals surface area contributed by atoms with Gasteiger partial charge in [0, 0.05) is 3.57 Å². The number of halogens is 2. The molecule has 0 aromatic heterocycles. The van der Waals surface area contributed by atoms with Gasteiger partial charge >= 0.3 is 5.97 Å². The highest BCUT2D eigenvalue weighted by Gasteiger charge is 2.13. The summed E-state index contributed by atoms with van der Waals surface area (Å²) in [7, 11) is 0. The quantitative estimate of drug-likeness (QED) is 0.869. The van der Waals surface area contributed by atoms with Crippen molar-refractivity contribution in [2.75, 3.05) is 6.61 Å². The molecule has 0 aliphatic carbocycles. The number of ether oxygens (including phenoxy) is 1. The van der Waals surface area contributed by atoms with Gasteiger partial charge in [0.1, 0.15) is 11.3 Å². The third kappa shape index (κ3) is 2.51. The van der Waals surface area contributed by atoms with E-state index in [0.717, 1.165) is 3.57 Å². The number of aromatic carboxylic acids is 1. The van der Waals surface area contributed by atoms with Crippen molar-refractivity contribution in [1.29, 1.82) is 0 Å². The molecular formula is C9H8ClIO3. The highest BCUT2D eigenvalue weighted by atomic mass is 127. The molecule has 5 heteroatoms. The summed E-state index contributed by atoms with van der Waals surface area (Å²) in [6, 6.07) is 3.02. The van der Waals surface area contributed by atoms with Crippen LogP contribution in [-0.4, -0.2) is 17.7 Å². The van der Waals surface area contributed by atoms with Crippen LogP contribution >= 0.6 is 34.2 Å². The smallest absolute Gasteiger partial charge is 0.339 e. The van der Waals surface area contributed by atoms with E-state index in [4.69, 9.17) is 21.4 Å². The van der Waals surface area contributed by atoms with Crippen molar-refractivity contribution in [1.82, 2.24) is 0 Å². The Morgan fingerprint density at radius 2 is 2.29 bits per heavy atom. The lowest BCUT2D eigenvalue weighted by atomic mass is 10.2. The van der Waals surface area contributed by atoms with Crippen molar-refractivity contribution < 1.29 is 14.6 Å². The molecule has 76 valence electrons. The highest BCUT2D eigenvalue weighted by molar-refractivity contribution is 14.1. The van der Waals surface area contributed by atoms with Crippen molar-refractivity contribution >= 4 is 40.2 Å². The number of carboxylic acid groups (broad SMARTS) is 1. The summed E-state index contributed by atoms with van der Waals surface area (Å²) >= 11 is 7.83. The van der Waals surface area contributed by atoms with Gasteiger partial charge in [0.15, 0.2) is 0 Å². The average Bonchev–Trinajstić information content (AvgIpc) is 2.11. The molecule has 0 bridgehead atoms. The van der Waals surface area contributed by atoms with Crippen LogP contribution in [0.3, 0.4) is 0 Å². The van der Waals surface area contributed by atoms with E-state index >= 15 is 0 Å². The lowest BCUT2D eigenvalue weighted by molar-refractivity contribution is 0.0692. The molecule has 0 atom stereocenters. The van der Waals surface area contributed by atoms with Gasteiger partial charge in [0.25, 0.3) is 0 Å². The number of hydrogen-bond acceptors (Lipinski definition) is 2. The Bertz CT molecular complexity index is 365. The average molecular weight is 327 g/mol. The van der Waals surface area contributed by atoms with Crippen LogP contribution in [0, 0.1) is 3.57 Å². The molecule has 0 amide bonds. The molecule has 1 aromatic carbocycles. The minimum atomic E-state index is -1.04. The maximum Gasteiger partial charge on any atom is 0.339 e. The van der Waals surface area contributed by atoms with E-state index in [9.17, 15) is 4.79 Å². The lowest BCUT2D eigenvalue weighted by Crippen LogP contribution is -2.03. The number of rotatable bonds is 3. The number of carboxylic acids is 1. The molecule has 0 spiro atoms. The Kier molecular flexibility index (Phi) is 4.00. The fourth-order valence-corrected chi connectivity index (χ4v) is 1.57. The minimum Gasteiger partial charge on any atom is -0.493 e. The third-order valence-electron chi connectivity index (χ3n) is 1.55. The summed E-state index contributed by atoms with van der Waals surface area (Å²) in [6.45, 7) is 2.23. The highest BCUT2D eigenvalue weighted by Crippen LogP contribution is 2.28. The fourth-order valence-electron chi connectivity index (χ4n) is 0.971. The summed E-state index contributed by atoms with van der Waals surface area (Å²) in [5.41, 5.74) is 0.0947. The van der Waals surface area contributed by atoms with E-state index in [0.29, 0.717) is 17.4 Å². The number of carbonyl (C=O) groups is 1. The normalized spacial score (nSPS) is 9.93. The first-order valence-electron chi connectivity index (χ1n) is 3.91. The van der Waals surface area contributed by atoms with E-state index in [2.05, 4.69) is 0 Å². The van der Waals surface area contributed by atoms with E-state index in [1.165, 1.54) is 6.07 Å². The van der Waals surface area contributed by atoms with Gasteiger partial charge < -0.3 is 9.84 Å². The summed E-state index contributed by atoms with van der Waals surface area (Å²) in [6.07, 6.45) is 0. The Morgan fingerprint density at radius 1 is 1.64 bits per heavy atom. The zero-order valence-corrected chi connectivity index (χ0v) is 10.3. The second-order valence-electron chi connectivity index (χ2n) is 2.50. The molecule has 0 fully saturated rings. The molecule has 14 heavy (non-hydrogen) atoms. The van der Waals surface area contributed by atoms with Gasteiger partial charge in [0.05, 0.1) is 11.6 Å². The van der Waals surface area contributed by atoms with E-state index in [1.807, 2.05) is 22.6 Å². The fraction of sp³-hybridized carbons (Fsp3) is 0.222. The van der Waals surface area contributed by atoms with E-state index in [-0.39, 0.29) is 5.56 Å². The zero-order chi connectivity index (χ0) is 10.7. The van der Waals surface area contributed by atoms with Crippen LogP contribution in [0.5, 0.6) is 5.75 Å². The van der Waals surface area contributed by atoms with Crippen molar-refractivity contribution in [3.05, 3.63) is 26.3 Å². The molecule has 0 radical (unpaired) electrons. The molecule has 0 heterocycles. The van der Waals surface area contributed by atoms with Gasteiger partial charge in [-0.15, -0.1) is 0 Å². The molecule has 0 aliphatic heterocycles. The molecule has 1 rings (SSSR count). The second-order valence-corrected chi connectivity index (χ2v) is 4.07. The van der Waals surface area contributed by atoms with Crippen LogP contribution in [0.15, 0.2) is 12.1 Å². The lowest BCUT2D eigenvalue weighted by Gasteiger charge is -2.08. The third-order valence-corrected chi connectivity index (χ3v) is 3.08. The summed E-state index contributed by atoms with van der Waals surface area (Å²) < 4.78 is 5.97. The van der Waals surface area contributed by atoms with Gasteiger partial charge in [-0.05, 0) is 41.6 Å². The standard InChI is InChI=1S/C9H8ClIO3/c1-2-14-8-4-7(11)6(10)3-5(8)9(12)13/h3-4H,2H2,1H3,(H,12,13). The Balaban J connectivity index is 3.24. The molecule has 0 aliphatic rings. The van der Waals surface area contributed by atoms with Crippen LogP contribution in [0.1, 0.15) is 17.3 Å². The van der Waals surface area contributed by atoms with Crippen molar-refractivity contribution in [2.45, 2.75) is 6.92 Å². The van der Waals surface area contributed by atoms with Crippen LogP contribution in [-0.2, 0) is 0 Å². The molecule has 1 N–H and O–H groups in total. The van der Waals surface area contributed by atoms with Crippen LogP contribution in [0.25, 0.3) is 0 Å². The number of hydrogen-bond donors (Lipinski definition) is 1. The van der Waals surface area contributed by atoms with Crippen LogP contribution < -0.4 is 4.74 Å². The van der Waals surface area contributed by atoms with Crippen molar-refractivity contribution in [3.8, 4) is 5.75 Å². The first-order chi connectivity index (χ1) is 6.56. The maximum absolute atomic E-state index is 10.8. The maximum atomic E-state index is 10.8. The predicted molar refractivity (Wildman–Crippen MR) is 62.3 cm³/mol. The first-order valence-corrected chi connectivity index (χ1v) is 5.37. The Labute approximate surface area is 100 Å². The first kappa shape index (κ1) is 11.6. The summed E-state index contributed by atoms with van der Waals surface area (Å²) in [5.74, 6) is -0.680. The molecule has 1 aromatic rings. The minimum absolute atomic E-state index is 0.0947. The van der Waals surface area contributed by atoms with Gasteiger partial charge in [-0.25, -0.2) is 4.79 Å². The van der Waals surface area contributed by atoms with E-state index in [1.54, 1.807) is 13.0 Å². The molecule has 3 nitrogen and oxygen atoms in total. The topological polar surface area (TPSA) is 46.5 Å². The molecule has 0 unspecified atom stereocenters. The largest absolute Gasteiger partial charge is 0.493 e. The SMILES string of the molecule is CCOc1cc(I)c(Cl)cc1C(=O)O. The molecular weight excluding hydrogens is 318 g/mol. The van der Waals surface area contributed by atoms with Crippen LogP contribution in [0.2, 0.25) is 5.02 Å².